The van der Waals surface area contributed by atoms with E-state index in [2.05, 4.69) is 10.3 Å². The summed E-state index contributed by atoms with van der Waals surface area (Å²) in [5.41, 5.74) is 6.17. The number of benzene rings is 1. The summed E-state index contributed by atoms with van der Waals surface area (Å²) in [5, 5.41) is 2.49. The van der Waals surface area contributed by atoms with E-state index in [9.17, 15) is 4.79 Å². The van der Waals surface area contributed by atoms with Gasteiger partial charge in [-0.1, -0.05) is 0 Å². The molecule has 2 rings (SSSR count). The molecule has 0 radical (unpaired) electrons. The number of rotatable bonds is 6. The Morgan fingerprint density at radius 2 is 2.04 bits per heavy atom. The van der Waals surface area contributed by atoms with Crippen LogP contribution in [0.25, 0.3) is 17.4 Å². The molecule has 126 valence electrons. The fourth-order valence-corrected chi connectivity index (χ4v) is 2.08. The van der Waals surface area contributed by atoms with Crippen LogP contribution in [0.2, 0.25) is 0 Å². The van der Waals surface area contributed by atoms with Gasteiger partial charge in [0.1, 0.15) is 28.7 Å². The predicted octanol–water partition coefficient (Wildman–Crippen LogP) is 2.04. The monoisotopic (exact) mass is 329 g/mol. The van der Waals surface area contributed by atoms with Gasteiger partial charge in [-0.2, -0.15) is 0 Å². The molecule has 0 unspecified atom stereocenters. The first-order valence-corrected chi connectivity index (χ1v) is 7.13. The molecule has 0 saturated carbocycles. The summed E-state index contributed by atoms with van der Waals surface area (Å²) in [4.78, 5) is 15.6. The summed E-state index contributed by atoms with van der Waals surface area (Å²) >= 11 is 0. The maximum absolute atomic E-state index is 11.7. The number of nitrogens with two attached hydrogens (primary N) is 1. The van der Waals surface area contributed by atoms with Crippen molar-refractivity contribution in [3.8, 4) is 22.8 Å². The Kier molecular flexibility index (Phi) is 5.62. The number of amides is 1. The molecule has 24 heavy (non-hydrogen) atoms. The second-order valence-electron chi connectivity index (χ2n) is 4.66. The Labute approximate surface area is 139 Å². The number of likely N-dealkylation sites (N-methyl/N-ethyl adjacent to an activating group) is 1. The zero-order valence-electron chi connectivity index (χ0n) is 13.7. The van der Waals surface area contributed by atoms with Crippen LogP contribution >= 0.6 is 0 Å². The highest BCUT2D eigenvalue weighted by Gasteiger charge is 2.12. The van der Waals surface area contributed by atoms with Gasteiger partial charge in [-0.3, -0.25) is 4.79 Å². The highest BCUT2D eigenvalue weighted by molar-refractivity contribution is 5.98. The van der Waals surface area contributed by atoms with Crippen LogP contribution in [0.15, 0.2) is 45.4 Å². The minimum Gasteiger partial charge on any atom is -0.497 e. The normalized spacial score (nSPS) is 11.5. The first-order valence-electron chi connectivity index (χ1n) is 7.13. The van der Waals surface area contributed by atoms with Gasteiger partial charge in [0.25, 0.3) is 5.91 Å². The van der Waals surface area contributed by atoms with E-state index in [0.29, 0.717) is 23.0 Å². The summed E-state index contributed by atoms with van der Waals surface area (Å²) in [6, 6.07) is 8.92. The summed E-state index contributed by atoms with van der Waals surface area (Å²) in [5.74, 6) is 1.99. The predicted molar refractivity (Wildman–Crippen MR) is 92.0 cm³/mol. The van der Waals surface area contributed by atoms with Crippen molar-refractivity contribution in [2.75, 3.05) is 21.3 Å². The number of methoxy groups -OCH3 is 2. The van der Waals surface area contributed by atoms with Crippen LogP contribution in [0.5, 0.6) is 11.5 Å². The molecular formula is C17H19N3O4. The van der Waals surface area contributed by atoms with E-state index in [1.165, 1.54) is 13.1 Å². The van der Waals surface area contributed by atoms with E-state index in [1.807, 2.05) is 12.1 Å². The SMILES string of the molecule is CNC(=O)/C(=C\c1ccc(-c2ccc(OC)cc2OC)o1)N=CN. The van der Waals surface area contributed by atoms with Crippen molar-refractivity contribution < 1.29 is 18.7 Å². The Morgan fingerprint density at radius 3 is 2.67 bits per heavy atom. The molecule has 2 aromatic rings. The minimum atomic E-state index is -0.364. The zero-order chi connectivity index (χ0) is 17.5. The Morgan fingerprint density at radius 1 is 1.25 bits per heavy atom. The molecule has 1 heterocycles. The first-order chi connectivity index (χ1) is 11.6. The topological polar surface area (TPSA) is 99.1 Å². The number of aliphatic imine (C=N–C) groups is 1. The van der Waals surface area contributed by atoms with Gasteiger partial charge in [0.2, 0.25) is 0 Å². The minimum absolute atomic E-state index is 0.141. The number of nitrogens with zero attached hydrogens (tertiary/aromatic N) is 1. The van der Waals surface area contributed by atoms with Crippen LogP contribution in [-0.2, 0) is 4.79 Å². The number of ether oxygens (including phenoxy) is 2. The lowest BCUT2D eigenvalue weighted by atomic mass is 10.1. The molecule has 0 aliphatic carbocycles. The Hall–Kier alpha value is -3.22. The van der Waals surface area contributed by atoms with E-state index >= 15 is 0 Å². The fourth-order valence-electron chi connectivity index (χ4n) is 2.08. The smallest absolute Gasteiger partial charge is 0.269 e. The quantitative estimate of drug-likeness (QED) is 0.480. The fraction of sp³-hybridized carbons (Fsp3) is 0.176. The van der Waals surface area contributed by atoms with Gasteiger partial charge < -0.3 is 24.9 Å². The molecule has 7 nitrogen and oxygen atoms in total. The molecule has 3 N–H and O–H groups in total. The van der Waals surface area contributed by atoms with E-state index < -0.39 is 0 Å². The summed E-state index contributed by atoms with van der Waals surface area (Å²) in [6.45, 7) is 0. The summed E-state index contributed by atoms with van der Waals surface area (Å²) < 4.78 is 16.3. The van der Waals surface area contributed by atoms with Gasteiger partial charge in [-0.15, -0.1) is 0 Å². The zero-order valence-corrected chi connectivity index (χ0v) is 13.7. The van der Waals surface area contributed by atoms with Gasteiger partial charge in [-0.25, -0.2) is 4.99 Å². The van der Waals surface area contributed by atoms with Crippen LogP contribution in [-0.4, -0.2) is 33.5 Å². The summed E-state index contributed by atoms with van der Waals surface area (Å²) in [7, 11) is 4.67. The molecular weight excluding hydrogens is 310 g/mol. The van der Waals surface area contributed by atoms with Gasteiger partial charge in [0, 0.05) is 19.2 Å². The third-order valence-electron chi connectivity index (χ3n) is 3.25. The van der Waals surface area contributed by atoms with Crippen molar-refractivity contribution in [1.82, 2.24) is 5.32 Å². The van der Waals surface area contributed by atoms with E-state index in [-0.39, 0.29) is 11.6 Å². The average molecular weight is 329 g/mol. The number of carbonyl (C=O) groups is 1. The van der Waals surface area contributed by atoms with E-state index in [1.54, 1.807) is 32.4 Å². The van der Waals surface area contributed by atoms with Gasteiger partial charge in [0.15, 0.2) is 0 Å². The third kappa shape index (κ3) is 3.75. The molecule has 0 atom stereocenters. The molecule has 1 aromatic carbocycles. The van der Waals surface area contributed by atoms with Gasteiger partial charge in [-0.05, 0) is 24.3 Å². The number of hydrogen-bond acceptors (Lipinski definition) is 5. The van der Waals surface area contributed by atoms with Crippen LogP contribution in [0.3, 0.4) is 0 Å². The van der Waals surface area contributed by atoms with Crippen LogP contribution in [0.4, 0.5) is 0 Å². The van der Waals surface area contributed by atoms with Crippen LogP contribution in [0.1, 0.15) is 5.76 Å². The van der Waals surface area contributed by atoms with Crippen molar-refractivity contribution in [2.24, 2.45) is 10.7 Å². The van der Waals surface area contributed by atoms with E-state index in [4.69, 9.17) is 19.6 Å². The van der Waals surface area contributed by atoms with Crippen LogP contribution in [0, 0.1) is 0 Å². The molecule has 0 aliphatic rings. The number of carbonyl (C=O) groups excluding carboxylic acids is 1. The number of hydrogen-bond donors (Lipinski definition) is 2. The maximum Gasteiger partial charge on any atom is 0.269 e. The largest absolute Gasteiger partial charge is 0.497 e. The van der Waals surface area contributed by atoms with Gasteiger partial charge >= 0.3 is 0 Å². The molecule has 7 heteroatoms. The molecule has 0 fully saturated rings. The number of nitrogens with one attached hydrogen (secondary N) is 1. The Balaban J connectivity index is 2.39. The molecule has 1 aromatic heterocycles. The maximum atomic E-state index is 11.7. The molecule has 0 bridgehead atoms. The lowest BCUT2D eigenvalue weighted by Gasteiger charge is -2.08. The molecule has 0 spiro atoms. The van der Waals surface area contributed by atoms with Crippen molar-refractivity contribution in [1.29, 1.82) is 0 Å². The van der Waals surface area contributed by atoms with Gasteiger partial charge in [0.05, 0.1) is 26.1 Å². The molecule has 0 saturated heterocycles. The number of furan rings is 1. The highest BCUT2D eigenvalue weighted by Crippen LogP contribution is 2.34. The molecule has 1 amide bonds. The highest BCUT2D eigenvalue weighted by atomic mass is 16.5. The second kappa shape index (κ2) is 7.87. The first kappa shape index (κ1) is 17.1. The van der Waals surface area contributed by atoms with Crippen molar-refractivity contribution in [3.63, 3.8) is 0 Å². The molecule has 0 aliphatic heterocycles. The standard InChI is InChI=1S/C17H19N3O4/c1-19-17(21)14(20-10-18)8-12-5-7-15(24-12)13-6-4-11(22-2)9-16(13)23-3/h4-10H,1-3H3,(H2,18,20)(H,19,21)/b14-8+. The van der Waals surface area contributed by atoms with Crippen molar-refractivity contribution in [3.05, 3.63) is 41.8 Å². The van der Waals surface area contributed by atoms with Crippen molar-refractivity contribution >= 4 is 18.3 Å². The Bertz CT molecular complexity index is 778. The van der Waals surface area contributed by atoms with Crippen LogP contribution < -0.4 is 20.5 Å². The third-order valence-corrected chi connectivity index (χ3v) is 3.25. The summed E-state index contributed by atoms with van der Waals surface area (Å²) in [6.07, 6.45) is 2.55. The lowest BCUT2D eigenvalue weighted by molar-refractivity contribution is -0.116. The second-order valence-corrected chi connectivity index (χ2v) is 4.66. The van der Waals surface area contributed by atoms with Crippen molar-refractivity contribution in [2.45, 2.75) is 0 Å². The average Bonchev–Trinajstić information content (AvgIpc) is 3.08. The lowest BCUT2D eigenvalue weighted by Crippen LogP contribution is -2.19. The van der Waals surface area contributed by atoms with E-state index in [0.717, 1.165) is 11.9 Å².